The van der Waals surface area contributed by atoms with Crippen molar-refractivity contribution >= 4 is 50.1 Å². The van der Waals surface area contributed by atoms with E-state index in [0.717, 1.165) is 12.8 Å². The number of hydrogen-bond acceptors (Lipinski definition) is 4. The number of amides is 1. The van der Waals surface area contributed by atoms with E-state index >= 15 is 0 Å². The average Bonchev–Trinajstić information content (AvgIpc) is 3.21. The molecule has 23 heavy (non-hydrogen) atoms. The van der Waals surface area contributed by atoms with Crippen molar-refractivity contribution in [3.8, 4) is 5.88 Å². The maximum absolute atomic E-state index is 12.6. The molecule has 124 valence electrons. The van der Waals surface area contributed by atoms with Crippen molar-refractivity contribution in [3.05, 3.63) is 24.1 Å². The number of rotatable bonds is 4. The molecule has 1 aliphatic carbocycles. The Morgan fingerprint density at radius 2 is 2.17 bits per heavy atom. The van der Waals surface area contributed by atoms with Gasteiger partial charge in [0.1, 0.15) is 3.70 Å². The van der Waals surface area contributed by atoms with E-state index in [0.29, 0.717) is 20.4 Å². The van der Waals surface area contributed by atoms with Gasteiger partial charge in [-0.05, 0) is 57.3 Å². The number of halogens is 2. The minimum absolute atomic E-state index is 0.0973. The molecule has 2 aromatic rings. The van der Waals surface area contributed by atoms with Crippen LogP contribution in [0.5, 0.6) is 5.88 Å². The first-order chi connectivity index (χ1) is 10.8. The number of nitrogens with one attached hydrogen (secondary N) is 1. The lowest BCUT2D eigenvalue weighted by Crippen LogP contribution is -2.34. The Kier molecular flexibility index (Phi) is 4.43. The first-order valence-corrected chi connectivity index (χ1v) is 9.18. The summed E-state index contributed by atoms with van der Waals surface area (Å²) in [7, 11) is 0. The van der Waals surface area contributed by atoms with Crippen molar-refractivity contribution in [3.63, 3.8) is 0 Å². The van der Waals surface area contributed by atoms with Gasteiger partial charge in [0.25, 0.3) is 11.5 Å². The Hall–Kier alpha value is -1.10. The van der Waals surface area contributed by atoms with Gasteiger partial charge in [0, 0.05) is 12.6 Å². The summed E-state index contributed by atoms with van der Waals surface area (Å²) in [6, 6.07) is 0.0973. The number of aromatic hydroxyl groups is 1. The number of carbonyl (C=O) groups excluding carboxylic acids is 1. The highest BCUT2D eigenvalue weighted by molar-refractivity contribution is 14.1. The van der Waals surface area contributed by atoms with Crippen molar-refractivity contribution in [2.24, 2.45) is 5.92 Å². The highest BCUT2D eigenvalue weighted by Gasteiger charge is 2.30. The quantitative estimate of drug-likeness (QED) is 0.637. The lowest BCUT2D eigenvalue weighted by molar-refractivity contribution is 0.0944. The molecule has 3 rings (SSSR count). The Morgan fingerprint density at radius 1 is 1.52 bits per heavy atom. The molecule has 0 saturated heterocycles. The largest absolute Gasteiger partial charge is 0.494 e. The third kappa shape index (κ3) is 3.00. The molecule has 2 N–H and O–H groups in total. The number of aromatic nitrogens is 3. The first-order valence-electron chi connectivity index (χ1n) is 7.31. The van der Waals surface area contributed by atoms with Gasteiger partial charge in [-0.2, -0.15) is 9.61 Å². The average molecular weight is 495 g/mol. The van der Waals surface area contributed by atoms with E-state index in [2.05, 4.69) is 26.3 Å². The third-order valence-corrected chi connectivity index (χ3v) is 5.82. The van der Waals surface area contributed by atoms with Crippen LogP contribution < -0.4 is 10.9 Å². The van der Waals surface area contributed by atoms with Crippen molar-refractivity contribution in [1.82, 2.24) is 19.5 Å². The van der Waals surface area contributed by atoms with Crippen LogP contribution in [0.25, 0.3) is 5.65 Å². The molecule has 2 aromatic heterocycles. The fourth-order valence-electron chi connectivity index (χ4n) is 2.40. The zero-order valence-electron chi connectivity index (χ0n) is 12.6. The molecule has 0 bridgehead atoms. The number of hydrogen-bond donors (Lipinski definition) is 2. The van der Waals surface area contributed by atoms with Gasteiger partial charge in [-0.15, -0.1) is 0 Å². The number of nitrogens with zero attached hydrogens (tertiary/aromatic N) is 3. The molecule has 0 aromatic carbocycles. The van der Waals surface area contributed by atoms with E-state index in [1.165, 1.54) is 4.52 Å². The normalized spacial score (nSPS) is 14.7. The van der Waals surface area contributed by atoms with Gasteiger partial charge in [-0.25, -0.2) is 0 Å². The summed E-state index contributed by atoms with van der Waals surface area (Å²) in [5.41, 5.74) is -0.413. The maximum Gasteiger partial charge on any atom is 0.291 e. The van der Waals surface area contributed by atoms with Gasteiger partial charge in [0.05, 0.1) is 4.47 Å². The smallest absolute Gasteiger partial charge is 0.291 e. The monoisotopic (exact) mass is 494 g/mol. The van der Waals surface area contributed by atoms with Crippen molar-refractivity contribution in [2.45, 2.75) is 39.3 Å². The fourth-order valence-corrected chi connectivity index (χ4v) is 3.32. The zero-order valence-corrected chi connectivity index (χ0v) is 16.4. The van der Waals surface area contributed by atoms with E-state index in [4.69, 9.17) is 0 Å². The summed E-state index contributed by atoms with van der Waals surface area (Å²) in [5.74, 6) is -0.645. The number of carbonyl (C=O) groups is 1. The standard InChI is InChI=1S/C14H16BrIN4O3/c1-6(2)5-19-12-9(15)10(16)18-20(12)14(23)8(13(19)22)11(21)17-7-3-4-7/h6-7,22H,3-5H2,1-2H3,(H,17,21). The summed E-state index contributed by atoms with van der Waals surface area (Å²) >= 11 is 5.41. The van der Waals surface area contributed by atoms with Crippen molar-refractivity contribution in [1.29, 1.82) is 0 Å². The van der Waals surface area contributed by atoms with E-state index in [1.54, 1.807) is 4.57 Å². The van der Waals surface area contributed by atoms with Crippen LogP contribution in [0.2, 0.25) is 0 Å². The minimum atomic E-state index is -0.612. The number of fused-ring (bicyclic) bond motifs is 1. The molecule has 1 aliphatic rings. The van der Waals surface area contributed by atoms with Gasteiger partial charge < -0.3 is 10.4 Å². The molecule has 0 aliphatic heterocycles. The summed E-state index contributed by atoms with van der Waals surface area (Å²) < 4.78 is 3.96. The van der Waals surface area contributed by atoms with Crippen LogP contribution in [0.15, 0.2) is 9.27 Å². The molecule has 0 atom stereocenters. The highest BCUT2D eigenvalue weighted by Crippen LogP contribution is 2.28. The van der Waals surface area contributed by atoms with Gasteiger partial charge in [0.15, 0.2) is 11.2 Å². The Bertz CT molecular complexity index is 854. The van der Waals surface area contributed by atoms with Crippen molar-refractivity contribution < 1.29 is 9.90 Å². The van der Waals surface area contributed by atoms with Gasteiger partial charge in [-0.1, -0.05) is 13.8 Å². The summed E-state index contributed by atoms with van der Waals surface area (Å²) in [4.78, 5) is 25.0. The SMILES string of the molecule is CC(C)Cn1c(O)c(C(=O)NC2CC2)c(=O)n2nc(I)c(Br)c12. The van der Waals surface area contributed by atoms with E-state index in [1.807, 2.05) is 36.4 Å². The molecule has 9 heteroatoms. The summed E-state index contributed by atoms with van der Waals surface area (Å²) in [6.45, 7) is 4.44. The predicted molar refractivity (Wildman–Crippen MR) is 96.9 cm³/mol. The van der Waals surface area contributed by atoms with E-state index in [9.17, 15) is 14.7 Å². The van der Waals surface area contributed by atoms with Crippen molar-refractivity contribution in [2.75, 3.05) is 0 Å². The maximum atomic E-state index is 12.6. The lowest BCUT2D eigenvalue weighted by Gasteiger charge is -2.16. The van der Waals surface area contributed by atoms with E-state index < -0.39 is 11.5 Å². The second-order valence-corrected chi connectivity index (χ2v) is 7.91. The molecule has 2 heterocycles. The third-order valence-electron chi connectivity index (χ3n) is 3.59. The molecule has 0 spiro atoms. The highest BCUT2D eigenvalue weighted by atomic mass is 127. The molecule has 1 amide bonds. The molecule has 0 radical (unpaired) electrons. The molecule has 1 saturated carbocycles. The fraction of sp³-hybridized carbons (Fsp3) is 0.500. The molecule has 7 nitrogen and oxygen atoms in total. The van der Waals surface area contributed by atoms with Crippen LogP contribution in [0.3, 0.4) is 0 Å². The van der Waals surface area contributed by atoms with Crippen LogP contribution in [0.4, 0.5) is 0 Å². The second kappa shape index (κ2) is 6.08. The Balaban J connectivity index is 2.27. The van der Waals surface area contributed by atoms with Crippen LogP contribution in [0, 0.1) is 9.62 Å². The van der Waals surface area contributed by atoms with Gasteiger partial charge >= 0.3 is 0 Å². The predicted octanol–water partition coefficient (Wildman–Crippen LogP) is 2.12. The molecular weight excluding hydrogens is 479 g/mol. The molecule has 0 unspecified atom stereocenters. The first kappa shape index (κ1) is 16.7. The van der Waals surface area contributed by atoms with Gasteiger partial charge in [-0.3, -0.25) is 14.2 Å². The van der Waals surface area contributed by atoms with Crippen LogP contribution in [-0.4, -0.2) is 31.2 Å². The van der Waals surface area contributed by atoms with Crippen LogP contribution in [-0.2, 0) is 6.54 Å². The summed E-state index contributed by atoms with van der Waals surface area (Å²) in [6.07, 6.45) is 1.81. The van der Waals surface area contributed by atoms with E-state index in [-0.39, 0.29) is 23.4 Å². The second-order valence-electron chi connectivity index (χ2n) is 6.10. The van der Waals surface area contributed by atoms with Gasteiger partial charge in [0.2, 0.25) is 5.88 Å². The summed E-state index contributed by atoms with van der Waals surface area (Å²) in [5, 5.41) is 17.5. The molecule has 1 fully saturated rings. The molecular formula is C14H16BrIN4O3. The lowest BCUT2D eigenvalue weighted by atomic mass is 10.2. The topological polar surface area (TPSA) is 88.6 Å². The minimum Gasteiger partial charge on any atom is -0.494 e. The Labute approximate surface area is 154 Å². The Morgan fingerprint density at radius 3 is 2.74 bits per heavy atom. The van der Waals surface area contributed by atoms with Crippen LogP contribution in [0.1, 0.15) is 37.0 Å². The van der Waals surface area contributed by atoms with Crippen LogP contribution >= 0.6 is 38.5 Å². The zero-order chi connectivity index (χ0) is 16.9.